The molecule has 6 heteroatoms. The Balaban J connectivity index is 2.05. The van der Waals surface area contributed by atoms with E-state index in [0.717, 1.165) is 16.5 Å². The van der Waals surface area contributed by atoms with E-state index in [4.69, 9.17) is 4.74 Å². The summed E-state index contributed by atoms with van der Waals surface area (Å²) in [6.45, 7) is 7.42. The Morgan fingerprint density at radius 1 is 1.17 bits per heavy atom. The van der Waals surface area contributed by atoms with Gasteiger partial charge in [0.2, 0.25) is 5.88 Å². The molecule has 0 saturated carbocycles. The molecule has 2 N–H and O–H groups in total. The molecule has 3 rings (SSSR count). The number of hydrogen-bond donors (Lipinski definition) is 2. The van der Waals surface area contributed by atoms with Crippen molar-refractivity contribution in [1.82, 2.24) is 4.57 Å². The summed E-state index contributed by atoms with van der Waals surface area (Å²) >= 11 is 0. The first kappa shape index (κ1) is 21.7. The van der Waals surface area contributed by atoms with E-state index >= 15 is 0 Å². The number of rotatable bonds is 8. The zero-order chi connectivity index (χ0) is 21.8. The van der Waals surface area contributed by atoms with Gasteiger partial charge in [0.15, 0.2) is 0 Å². The van der Waals surface area contributed by atoms with Crippen molar-refractivity contribution in [3.05, 3.63) is 67.0 Å². The molecule has 0 aliphatic heterocycles. The highest BCUT2D eigenvalue weighted by Crippen LogP contribution is 2.42. The third-order valence-corrected chi connectivity index (χ3v) is 4.91. The van der Waals surface area contributed by atoms with Crippen molar-refractivity contribution in [3.63, 3.8) is 0 Å². The van der Waals surface area contributed by atoms with Crippen LogP contribution in [-0.2, 0) is 4.79 Å². The summed E-state index contributed by atoms with van der Waals surface area (Å²) in [6, 6.07) is 13.7. The number of hydrogen-bond acceptors (Lipinski definition) is 4. The average molecular weight is 411 g/mol. The molecule has 3 aromatic rings. The second-order valence-electron chi connectivity index (χ2n) is 7.54. The van der Waals surface area contributed by atoms with Crippen molar-refractivity contribution in [2.45, 2.75) is 44.9 Å². The zero-order valence-electron chi connectivity index (χ0n) is 17.1. The standard InChI is InChI=1S/C24H26FNO4/c1-4-18(27)13-19(28)14-22(29)30-24-23(16-9-11-17(25)12-10-16)20-7-5-6-8-21(20)26(24)15(2)3/h4-12,15,18-19,27-28H,1,13-14H2,2-3H3. The van der Waals surface area contributed by atoms with Crippen LogP contribution in [-0.4, -0.2) is 33.0 Å². The number of nitrogens with zero attached hydrogens (tertiary/aromatic N) is 1. The summed E-state index contributed by atoms with van der Waals surface area (Å²) in [5, 5.41) is 20.5. The number of carbonyl (C=O) groups excluding carboxylic acids is 1. The minimum atomic E-state index is -1.06. The number of para-hydroxylation sites is 1. The fourth-order valence-electron chi connectivity index (χ4n) is 3.55. The molecule has 5 nitrogen and oxygen atoms in total. The summed E-state index contributed by atoms with van der Waals surface area (Å²) in [4.78, 5) is 12.6. The second-order valence-corrected chi connectivity index (χ2v) is 7.54. The van der Waals surface area contributed by atoms with E-state index in [9.17, 15) is 19.4 Å². The molecule has 0 aliphatic rings. The third kappa shape index (κ3) is 4.61. The molecular formula is C24H26FNO4. The Labute approximate surface area is 175 Å². The third-order valence-electron chi connectivity index (χ3n) is 4.91. The molecule has 0 saturated heterocycles. The van der Waals surface area contributed by atoms with Crippen LogP contribution in [0.15, 0.2) is 61.2 Å². The first-order valence-electron chi connectivity index (χ1n) is 9.90. The number of carbonyl (C=O) groups is 1. The SMILES string of the molecule is C=CC(O)CC(O)CC(=O)Oc1c(-c2ccc(F)cc2)c2ccccc2n1C(C)C. The van der Waals surface area contributed by atoms with Gasteiger partial charge in [0.25, 0.3) is 0 Å². The quantitative estimate of drug-likeness (QED) is 0.419. The van der Waals surface area contributed by atoms with Gasteiger partial charge in [-0.15, -0.1) is 6.58 Å². The van der Waals surface area contributed by atoms with Gasteiger partial charge in [-0.1, -0.05) is 36.4 Å². The van der Waals surface area contributed by atoms with E-state index in [0.29, 0.717) is 11.4 Å². The topological polar surface area (TPSA) is 71.7 Å². The lowest BCUT2D eigenvalue weighted by molar-refractivity contribution is -0.137. The molecule has 30 heavy (non-hydrogen) atoms. The predicted octanol–water partition coefficient (Wildman–Crippen LogP) is 4.62. The molecule has 1 heterocycles. The van der Waals surface area contributed by atoms with Crippen molar-refractivity contribution < 1.29 is 24.1 Å². The van der Waals surface area contributed by atoms with E-state index in [1.165, 1.54) is 18.2 Å². The number of aromatic nitrogens is 1. The molecule has 158 valence electrons. The molecule has 2 unspecified atom stereocenters. The van der Waals surface area contributed by atoms with E-state index in [2.05, 4.69) is 6.58 Å². The fraction of sp³-hybridized carbons (Fsp3) is 0.292. The maximum absolute atomic E-state index is 13.5. The molecule has 0 aliphatic carbocycles. The number of aliphatic hydroxyl groups is 2. The van der Waals surface area contributed by atoms with Crippen molar-refractivity contribution in [2.75, 3.05) is 0 Å². The average Bonchev–Trinajstić information content (AvgIpc) is 3.02. The minimum absolute atomic E-state index is 0.00339. The summed E-state index contributed by atoms with van der Waals surface area (Å²) in [5.41, 5.74) is 2.29. The van der Waals surface area contributed by atoms with Gasteiger partial charge in [-0.25, -0.2) is 4.39 Å². The highest BCUT2D eigenvalue weighted by molar-refractivity contribution is 6.00. The van der Waals surface area contributed by atoms with E-state index in [1.807, 2.05) is 42.7 Å². The van der Waals surface area contributed by atoms with Crippen LogP contribution in [0.1, 0.15) is 32.7 Å². The number of aliphatic hydroxyl groups excluding tert-OH is 2. The van der Waals surface area contributed by atoms with Crippen LogP contribution in [0, 0.1) is 5.82 Å². The second kappa shape index (κ2) is 9.24. The minimum Gasteiger partial charge on any atom is -0.408 e. The van der Waals surface area contributed by atoms with Crippen molar-refractivity contribution in [2.24, 2.45) is 0 Å². The van der Waals surface area contributed by atoms with Gasteiger partial charge in [-0.2, -0.15) is 0 Å². The number of halogens is 1. The monoisotopic (exact) mass is 411 g/mol. The molecule has 2 atom stereocenters. The van der Waals surface area contributed by atoms with Crippen molar-refractivity contribution in [3.8, 4) is 17.0 Å². The van der Waals surface area contributed by atoms with Crippen molar-refractivity contribution in [1.29, 1.82) is 0 Å². The number of ether oxygens (including phenoxy) is 1. The summed E-state index contributed by atoms with van der Waals surface area (Å²) in [5.74, 6) is -0.625. The summed E-state index contributed by atoms with van der Waals surface area (Å²) in [7, 11) is 0. The van der Waals surface area contributed by atoms with E-state index < -0.39 is 18.2 Å². The Morgan fingerprint density at radius 3 is 2.47 bits per heavy atom. The van der Waals surface area contributed by atoms with Gasteiger partial charge >= 0.3 is 5.97 Å². The highest BCUT2D eigenvalue weighted by atomic mass is 19.1. The molecular weight excluding hydrogens is 385 g/mol. The lowest BCUT2D eigenvalue weighted by Crippen LogP contribution is -2.23. The van der Waals surface area contributed by atoms with Crippen LogP contribution in [0.25, 0.3) is 22.0 Å². The number of benzene rings is 2. The van der Waals surface area contributed by atoms with Crippen LogP contribution in [0.4, 0.5) is 4.39 Å². The van der Waals surface area contributed by atoms with Crippen LogP contribution < -0.4 is 4.74 Å². The van der Waals surface area contributed by atoms with Gasteiger partial charge in [0.1, 0.15) is 5.82 Å². The van der Waals surface area contributed by atoms with Gasteiger partial charge in [-0.3, -0.25) is 4.79 Å². The lowest BCUT2D eigenvalue weighted by atomic mass is 10.0. The van der Waals surface area contributed by atoms with Crippen LogP contribution in [0.5, 0.6) is 5.88 Å². The predicted molar refractivity (Wildman–Crippen MR) is 115 cm³/mol. The smallest absolute Gasteiger partial charge is 0.315 e. The Kier molecular flexibility index (Phi) is 6.70. The molecule has 0 bridgehead atoms. The Hall–Kier alpha value is -2.96. The Bertz CT molecular complexity index is 1040. The van der Waals surface area contributed by atoms with Gasteiger partial charge in [0.05, 0.1) is 29.7 Å². The van der Waals surface area contributed by atoms with Gasteiger partial charge < -0.3 is 19.5 Å². The molecule has 0 fully saturated rings. The zero-order valence-corrected chi connectivity index (χ0v) is 17.1. The molecule has 0 spiro atoms. The fourth-order valence-corrected chi connectivity index (χ4v) is 3.55. The van der Waals surface area contributed by atoms with E-state index in [-0.39, 0.29) is 24.7 Å². The summed E-state index contributed by atoms with van der Waals surface area (Å²) < 4.78 is 21.2. The maximum Gasteiger partial charge on any atom is 0.315 e. The normalized spacial score (nSPS) is 13.4. The van der Waals surface area contributed by atoms with Crippen molar-refractivity contribution >= 4 is 16.9 Å². The van der Waals surface area contributed by atoms with E-state index in [1.54, 1.807) is 12.1 Å². The number of fused-ring (bicyclic) bond motifs is 1. The first-order valence-corrected chi connectivity index (χ1v) is 9.90. The first-order chi connectivity index (χ1) is 14.3. The highest BCUT2D eigenvalue weighted by Gasteiger charge is 2.25. The molecule has 1 aromatic heterocycles. The van der Waals surface area contributed by atoms with Crippen LogP contribution >= 0.6 is 0 Å². The summed E-state index contributed by atoms with van der Waals surface area (Å²) in [6.07, 6.45) is -0.928. The van der Waals surface area contributed by atoms with Crippen LogP contribution in [0.2, 0.25) is 0 Å². The van der Waals surface area contributed by atoms with Gasteiger partial charge in [0, 0.05) is 17.8 Å². The van der Waals surface area contributed by atoms with Crippen LogP contribution in [0.3, 0.4) is 0 Å². The van der Waals surface area contributed by atoms with Gasteiger partial charge in [-0.05, 0) is 37.6 Å². The molecule has 2 aromatic carbocycles. The Morgan fingerprint density at radius 2 is 1.83 bits per heavy atom. The maximum atomic E-state index is 13.5. The molecule has 0 radical (unpaired) electrons. The largest absolute Gasteiger partial charge is 0.408 e. The lowest BCUT2D eigenvalue weighted by Gasteiger charge is -2.17. The molecule has 0 amide bonds. The number of esters is 1.